The highest BCUT2D eigenvalue weighted by Gasteiger charge is 2.08. The van der Waals surface area contributed by atoms with Crippen LogP contribution in [-0.2, 0) is 16.1 Å². The summed E-state index contributed by atoms with van der Waals surface area (Å²) >= 11 is 0. The predicted molar refractivity (Wildman–Crippen MR) is 64.9 cm³/mol. The van der Waals surface area contributed by atoms with Crippen LogP contribution in [0.2, 0.25) is 0 Å². The van der Waals surface area contributed by atoms with Crippen LogP contribution in [0.25, 0.3) is 0 Å². The van der Waals surface area contributed by atoms with Gasteiger partial charge in [0.2, 0.25) is 0 Å². The Labute approximate surface area is 105 Å². The molecule has 2 amide bonds. The number of rotatable bonds is 6. The third-order valence-corrected chi connectivity index (χ3v) is 2.28. The van der Waals surface area contributed by atoms with E-state index in [0.717, 1.165) is 12.0 Å². The number of nitrogens with one attached hydrogen (secondary N) is 1. The fraction of sp³-hybridized carbons (Fsp3) is 0.333. The summed E-state index contributed by atoms with van der Waals surface area (Å²) in [4.78, 5) is 27.5. The molecular formula is C12H16N2O4. The molecule has 0 saturated heterocycles. The average molecular weight is 252 g/mol. The van der Waals surface area contributed by atoms with Crippen molar-refractivity contribution >= 4 is 12.0 Å². The molecule has 2 N–H and O–H groups in total. The first-order chi connectivity index (χ1) is 8.59. The van der Waals surface area contributed by atoms with E-state index in [1.165, 1.54) is 4.90 Å². The highest BCUT2D eigenvalue weighted by atomic mass is 16.7. The lowest BCUT2D eigenvalue weighted by Crippen LogP contribution is -2.39. The lowest BCUT2D eigenvalue weighted by atomic mass is 10.1. The Morgan fingerprint density at radius 3 is 2.61 bits per heavy atom. The molecule has 0 atom stereocenters. The van der Waals surface area contributed by atoms with Crippen LogP contribution < -0.4 is 5.48 Å². The van der Waals surface area contributed by atoms with Gasteiger partial charge in [0, 0.05) is 13.6 Å². The van der Waals surface area contributed by atoms with Crippen LogP contribution in [0.3, 0.4) is 0 Å². The molecule has 0 aliphatic carbocycles. The molecule has 0 fully saturated rings. The zero-order chi connectivity index (χ0) is 13.4. The van der Waals surface area contributed by atoms with Crippen molar-refractivity contribution in [2.24, 2.45) is 0 Å². The number of benzene rings is 1. The maximum atomic E-state index is 11.4. The number of hydroxylamine groups is 1. The summed E-state index contributed by atoms with van der Waals surface area (Å²) in [5.41, 5.74) is 3.18. The van der Waals surface area contributed by atoms with Gasteiger partial charge in [-0.1, -0.05) is 30.3 Å². The standard InChI is InChI=1S/C12H16N2O4/c1-14(12(17)13-18-9-11(15)16)8-7-10-5-3-2-4-6-10/h2-6H,7-9H2,1H3,(H,13,17)(H,15,16). The first-order valence-corrected chi connectivity index (χ1v) is 5.48. The van der Waals surface area contributed by atoms with Gasteiger partial charge < -0.3 is 10.0 Å². The van der Waals surface area contributed by atoms with Gasteiger partial charge in [-0.05, 0) is 12.0 Å². The van der Waals surface area contributed by atoms with E-state index in [1.54, 1.807) is 7.05 Å². The van der Waals surface area contributed by atoms with Gasteiger partial charge in [0.1, 0.15) is 0 Å². The quantitative estimate of drug-likeness (QED) is 0.737. The van der Waals surface area contributed by atoms with Gasteiger partial charge in [0.15, 0.2) is 6.61 Å². The number of carboxylic acid groups (broad SMARTS) is 1. The zero-order valence-electron chi connectivity index (χ0n) is 10.1. The summed E-state index contributed by atoms with van der Waals surface area (Å²) in [6.07, 6.45) is 0.726. The van der Waals surface area contributed by atoms with E-state index in [1.807, 2.05) is 30.3 Å². The number of urea groups is 1. The van der Waals surface area contributed by atoms with Gasteiger partial charge >= 0.3 is 12.0 Å². The summed E-state index contributed by atoms with van der Waals surface area (Å²) < 4.78 is 0. The molecule has 0 aliphatic heterocycles. The molecule has 98 valence electrons. The molecule has 1 aromatic carbocycles. The van der Waals surface area contributed by atoms with Crippen molar-refractivity contribution in [2.45, 2.75) is 6.42 Å². The molecule has 1 rings (SSSR count). The highest BCUT2D eigenvalue weighted by molar-refractivity contribution is 5.73. The minimum absolute atomic E-state index is 0.466. The first kappa shape index (κ1) is 14.0. The number of hydrogen-bond donors (Lipinski definition) is 2. The molecule has 0 bridgehead atoms. The van der Waals surface area contributed by atoms with Crippen molar-refractivity contribution in [3.8, 4) is 0 Å². The van der Waals surface area contributed by atoms with E-state index in [2.05, 4.69) is 10.3 Å². The van der Waals surface area contributed by atoms with Gasteiger partial charge in [-0.25, -0.2) is 15.1 Å². The fourth-order valence-corrected chi connectivity index (χ4v) is 1.28. The monoisotopic (exact) mass is 252 g/mol. The van der Waals surface area contributed by atoms with Gasteiger partial charge in [-0.2, -0.15) is 0 Å². The molecule has 0 aromatic heterocycles. The van der Waals surface area contributed by atoms with E-state index in [-0.39, 0.29) is 0 Å². The van der Waals surface area contributed by atoms with E-state index < -0.39 is 18.6 Å². The second kappa shape index (κ2) is 7.29. The topological polar surface area (TPSA) is 78.9 Å². The smallest absolute Gasteiger partial charge is 0.341 e. The van der Waals surface area contributed by atoms with Crippen LogP contribution in [0.1, 0.15) is 5.56 Å². The van der Waals surface area contributed by atoms with Crippen LogP contribution in [0.4, 0.5) is 4.79 Å². The van der Waals surface area contributed by atoms with Crippen LogP contribution in [-0.4, -0.2) is 42.2 Å². The molecule has 0 saturated carbocycles. The average Bonchev–Trinajstić information content (AvgIpc) is 2.36. The maximum Gasteiger partial charge on any atom is 0.341 e. The number of aliphatic carboxylic acids is 1. The number of hydrogen-bond acceptors (Lipinski definition) is 3. The summed E-state index contributed by atoms with van der Waals surface area (Å²) in [7, 11) is 1.61. The fourth-order valence-electron chi connectivity index (χ4n) is 1.28. The van der Waals surface area contributed by atoms with E-state index in [9.17, 15) is 9.59 Å². The van der Waals surface area contributed by atoms with Crippen molar-refractivity contribution in [2.75, 3.05) is 20.2 Å². The van der Waals surface area contributed by atoms with Crippen LogP contribution >= 0.6 is 0 Å². The second-order valence-corrected chi connectivity index (χ2v) is 3.75. The number of carbonyl (C=O) groups is 2. The molecule has 18 heavy (non-hydrogen) atoms. The summed E-state index contributed by atoms with van der Waals surface area (Å²) in [6, 6.07) is 9.29. The Balaban J connectivity index is 2.25. The van der Waals surface area contributed by atoms with Crippen molar-refractivity contribution in [1.29, 1.82) is 0 Å². The Hall–Kier alpha value is -2.08. The molecular weight excluding hydrogens is 236 g/mol. The van der Waals surface area contributed by atoms with Crippen molar-refractivity contribution < 1.29 is 19.5 Å². The number of nitrogens with zero attached hydrogens (tertiary/aromatic N) is 1. The molecule has 0 aliphatic rings. The van der Waals surface area contributed by atoms with Crippen molar-refractivity contribution in [3.05, 3.63) is 35.9 Å². The second-order valence-electron chi connectivity index (χ2n) is 3.75. The third-order valence-electron chi connectivity index (χ3n) is 2.28. The number of amides is 2. The largest absolute Gasteiger partial charge is 0.479 e. The Morgan fingerprint density at radius 1 is 1.33 bits per heavy atom. The minimum atomic E-state index is -1.14. The van der Waals surface area contributed by atoms with Crippen LogP contribution in [0.15, 0.2) is 30.3 Å². The first-order valence-electron chi connectivity index (χ1n) is 5.48. The molecule has 0 spiro atoms. The Kier molecular flexibility index (Phi) is 5.66. The van der Waals surface area contributed by atoms with Crippen molar-refractivity contribution in [3.63, 3.8) is 0 Å². The highest BCUT2D eigenvalue weighted by Crippen LogP contribution is 2.00. The van der Waals surface area contributed by atoms with Crippen LogP contribution in [0.5, 0.6) is 0 Å². The molecule has 6 heteroatoms. The summed E-state index contributed by atoms with van der Waals surface area (Å²) in [5, 5.41) is 8.33. The molecule has 1 aromatic rings. The van der Waals surface area contributed by atoms with E-state index in [4.69, 9.17) is 5.11 Å². The molecule has 6 nitrogen and oxygen atoms in total. The van der Waals surface area contributed by atoms with Gasteiger partial charge in [-0.15, -0.1) is 0 Å². The van der Waals surface area contributed by atoms with Crippen LogP contribution in [0, 0.1) is 0 Å². The number of likely N-dealkylation sites (N-methyl/N-ethyl adjacent to an activating group) is 1. The zero-order valence-corrected chi connectivity index (χ0v) is 10.1. The third kappa shape index (κ3) is 5.31. The number of carbonyl (C=O) groups excluding carboxylic acids is 1. The van der Waals surface area contributed by atoms with Gasteiger partial charge in [0.05, 0.1) is 0 Å². The Morgan fingerprint density at radius 2 is 2.00 bits per heavy atom. The SMILES string of the molecule is CN(CCc1ccccc1)C(=O)NOCC(=O)O. The molecule has 0 unspecified atom stereocenters. The van der Waals surface area contributed by atoms with Gasteiger partial charge in [-0.3, -0.25) is 4.84 Å². The van der Waals surface area contributed by atoms with Gasteiger partial charge in [0.25, 0.3) is 0 Å². The lowest BCUT2D eigenvalue weighted by Gasteiger charge is -2.17. The maximum absolute atomic E-state index is 11.4. The Bertz CT molecular complexity index is 394. The predicted octanol–water partition coefficient (Wildman–Crippen LogP) is 0.887. The molecule has 0 heterocycles. The number of carboxylic acids is 1. The van der Waals surface area contributed by atoms with E-state index in [0.29, 0.717) is 6.54 Å². The minimum Gasteiger partial charge on any atom is -0.479 e. The lowest BCUT2D eigenvalue weighted by molar-refractivity contribution is -0.144. The van der Waals surface area contributed by atoms with E-state index >= 15 is 0 Å². The normalized spacial score (nSPS) is 9.83. The molecule has 0 radical (unpaired) electrons. The summed E-state index contributed by atoms with van der Waals surface area (Å²) in [5.74, 6) is -1.14. The van der Waals surface area contributed by atoms with Crippen molar-refractivity contribution in [1.82, 2.24) is 10.4 Å². The summed E-state index contributed by atoms with van der Waals surface area (Å²) in [6.45, 7) is -0.0372.